The number of carboxylic acid groups (broad SMARTS) is 1. The number of hydrogen-bond donors (Lipinski definition) is 2. The molecule has 4 aliphatic heterocycles. The second-order valence-electron chi connectivity index (χ2n) is 21.1. The fraction of sp³-hybridized carbons (Fsp3) is 0.400. The number of nitrogens with two attached hydrogens (primary N) is 1. The number of hydrogen-bond acceptors (Lipinski definition) is 14. The van der Waals surface area contributed by atoms with Gasteiger partial charge >= 0.3 is 18.4 Å². The van der Waals surface area contributed by atoms with Gasteiger partial charge in [0.25, 0.3) is 11.8 Å². The standard InChI is InChI=1S/C30H34F3N5O5S2.C25H26F3N5O3S2/c1-29(2,3)38(28(40)41)12-9-20-5-4-6-22(17-20)26(39)37-11-10-21-18-23(7-8-24(21)37)45(42,43)36-15-13-35(14-16-36)27-34-25(19-44-27)30(31,32)33;26-25(27,28)22-16-37-24(30-22)31-10-12-32(13-11-31)38(35,36)20-4-5-21-18(15-20)7-9-33(21)23(34)19-3-1-2-17(14-19)6-8-29/h4-8,17-19H,9-16H2,1-3H3,(H,40,41);1-5,14-16H,6-13,29H2. The molecule has 18 nitrogen and oxygen atoms in total. The van der Waals surface area contributed by atoms with Gasteiger partial charge in [-0.05, 0) is 136 Å². The molecule has 0 atom stereocenters. The first-order chi connectivity index (χ1) is 39.1. The lowest BCUT2D eigenvalue weighted by Crippen LogP contribution is -2.48. The summed E-state index contributed by atoms with van der Waals surface area (Å²) >= 11 is 1.77. The quantitative estimate of drug-likeness (QED) is 0.104. The molecule has 0 saturated carbocycles. The molecule has 3 N–H and O–H groups in total. The van der Waals surface area contributed by atoms with Crippen LogP contribution in [-0.2, 0) is 58.1 Å². The van der Waals surface area contributed by atoms with Crippen LogP contribution in [0.5, 0.6) is 0 Å². The lowest BCUT2D eigenvalue weighted by atomic mass is 10.0. The Labute approximate surface area is 484 Å². The molecule has 6 aromatic rings. The van der Waals surface area contributed by atoms with E-state index in [1.807, 2.05) is 45.0 Å². The number of sulfonamides is 2. The van der Waals surface area contributed by atoms with Crippen molar-refractivity contribution in [1.82, 2.24) is 23.5 Å². The third kappa shape index (κ3) is 13.5. The summed E-state index contributed by atoms with van der Waals surface area (Å²) in [6, 6.07) is 23.9. The monoisotopic (exact) mass is 1230 g/mol. The number of benzene rings is 4. The number of fused-ring (bicyclic) bond motifs is 2. The van der Waals surface area contributed by atoms with Crippen LogP contribution in [-0.4, -0.2) is 147 Å². The van der Waals surface area contributed by atoms with Crippen LogP contribution in [0.25, 0.3) is 0 Å². The van der Waals surface area contributed by atoms with Gasteiger partial charge < -0.3 is 35.3 Å². The van der Waals surface area contributed by atoms with Gasteiger partial charge in [0.05, 0.1) is 9.79 Å². The number of alkyl halides is 6. The Kier molecular flexibility index (Phi) is 17.7. The van der Waals surface area contributed by atoms with Gasteiger partial charge in [-0.1, -0.05) is 24.3 Å². The minimum Gasteiger partial charge on any atom is -0.465 e. The van der Waals surface area contributed by atoms with E-state index in [2.05, 4.69) is 9.97 Å². The van der Waals surface area contributed by atoms with Gasteiger partial charge in [-0.3, -0.25) is 9.59 Å². The molecule has 2 saturated heterocycles. The number of nitrogens with zero attached hydrogens (tertiary/aromatic N) is 9. The molecule has 0 spiro atoms. The third-order valence-corrected chi connectivity index (χ3v) is 20.3. The molecule has 4 aliphatic rings. The van der Waals surface area contributed by atoms with Gasteiger partial charge in [-0.2, -0.15) is 35.0 Å². The smallest absolute Gasteiger partial charge is 0.434 e. The maximum Gasteiger partial charge on any atom is 0.434 e. The largest absolute Gasteiger partial charge is 0.465 e. The van der Waals surface area contributed by atoms with Crippen LogP contribution >= 0.6 is 22.7 Å². The Balaban J connectivity index is 0.000000202. The van der Waals surface area contributed by atoms with Gasteiger partial charge in [-0.15, -0.1) is 22.7 Å². The maximum absolute atomic E-state index is 13.5. The van der Waals surface area contributed by atoms with Gasteiger partial charge in [0.2, 0.25) is 20.0 Å². The molecule has 4 aromatic carbocycles. The molecule has 83 heavy (non-hydrogen) atoms. The van der Waals surface area contributed by atoms with Crippen LogP contribution < -0.4 is 25.3 Å². The van der Waals surface area contributed by atoms with Gasteiger partial charge in [0.1, 0.15) is 0 Å². The molecular weight excluding hydrogens is 1170 g/mol. The second kappa shape index (κ2) is 24.1. The first-order valence-corrected chi connectivity index (χ1v) is 31.1. The van der Waals surface area contributed by atoms with Gasteiger partial charge in [0, 0.05) is 111 Å². The fourth-order valence-corrected chi connectivity index (χ4v) is 15.0. The summed E-state index contributed by atoms with van der Waals surface area (Å²) < 4.78 is 134. The van der Waals surface area contributed by atoms with Gasteiger partial charge in [0.15, 0.2) is 21.7 Å². The van der Waals surface area contributed by atoms with E-state index in [1.165, 1.54) is 25.6 Å². The number of aromatic nitrogens is 2. The van der Waals surface area contributed by atoms with Crippen LogP contribution in [0, 0.1) is 0 Å². The molecule has 0 unspecified atom stereocenters. The SMILES string of the molecule is CC(C)(C)N(CCc1cccc(C(=O)N2CCc3cc(S(=O)(=O)N4CCN(c5nc(C(F)(F)F)cs5)CC4)ccc32)c1)C(=O)O.NCCc1cccc(C(=O)N2CCc3cc(S(=O)(=O)N4CCN(c5nc(C(F)(F)F)cs5)CC4)ccc32)c1. The summed E-state index contributed by atoms with van der Waals surface area (Å²) in [6.07, 6.45) is -7.93. The van der Waals surface area contributed by atoms with E-state index >= 15 is 0 Å². The minimum absolute atomic E-state index is 0.0985. The van der Waals surface area contributed by atoms with Crippen molar-refractivity contribution in [1.29, 1.82) is 0 Å². The van der Waals surface area contributed by atoms with Crippen molar-refractivity contribution in [3.05, 3.63) is 140 Å². The zero-order valence-electron chi connectivity index (χ0n) is 45.4. The molecule has 10 rings (SSSR count). The predicted molar refractivity (Wildman–Crippen MR) is 304 cm³/mol. The molecule has 0 aliphatic carbocycles. The van der Waals surface area contributed by atoms with Crippen LogP contribution in [0.1, 0.15) is 75.1 Å². The number of carbonyl (C=O) groups excluding carboxylic acids is 2. The highest BCUT2D eigenvalue weighted by molar-refractivity contribution is 7.89. The zero-order valence-corrected chi connectivity index (χ0v) is 48.6. The molecule has 2 fully saturated rings. The van der Waals surface area contributed by atoms with E-state index in [9.17, 15) is 62.7 Å². The molecule has 0 radical (unpaired) electrons. The van der Waals surface area contributed by atoms with E-state index in [4.69, 9.17) is 5.73 Å². The Morgan fingerprint density at radius 2 is 1.00 bits per heavy atom. The Bertz CT molecular complexity index is 3610. The summed E-state index contributed by atoms with van der Waals surface area (Å²) in [5.41, 5.74) is 8.80. The van der Waals surface area contributed by atoms with Crippen molar-refractivity contribution in [2.45, 2.75) is 74.1 Å². The van der Waals surface area contributed by atoms with Gasteiger partial charge in [-0.25, -0.2) is 31.6 Å². The highest BCUT2D eigenvalue weighted by Gasteiger charge is 2.39. The summed E-state index contributed by atoms with van der Waals surface area (Å²) in [5.74, 6) is -0.380. The summed E-state index contributed by atoms with van der Waals surface area (Å²) in [4.78, 5) is 53.9. The topological polar surface area (TPSA) is 214 Å². The molecule has 444 valence electrons. The number of rotatable bonds is 13. The Hall–Kier alpha value is -6.69. The van der Waals surface area contributed by atoms with Crippen molar-refractivity contribution in [3.8, 4) is 0 Å². The average Bonchev–Trinajstić information content (AvgIpc) is 4.50. The molecule has 28 heteroatoms. The van der Waals surface area contributed by atoms with Crippen LogP contribution in [0.3, 0.4) is 0 Å². The normalized spacial score (nSPS) is 16.4. The lowest BCUT2D eigenvalue weighted by molar-refractivity contribution is -0.141. The highest BCUT2D eigenvalue weighted by Crippen LogP contribution is 2.38. The number of carbonyl (C=O) groups is 3. The number of anilines is 4. The first-order valence-electron chi connectivity index (χ1n) is 26.5. The summed E-state index contributed by atoms with van der Waals surface area (Å²) in [5, 5.41) is 11.9. The molecule has 0 bridgehead atoms. The Morgan fingerprint density at radius 3 is 1.36 bits per heavy atom. The number of halogens is 6. The fourth-order valence-electron chi connectivity index (χ4n) is 10.3. The van der Waals surface area contributed by atoms with E-state index in [-0.39, 0.29) is 90.8 Å². The minimum atomic E-state index is -4.53. The van der Waals surface area contributed by atoms with E-state index in [1.54, 1.807) is 68.1 Å². The van der Waals surface area contributed by atoms with E-state index in [0.717, 1.165) is 55.7 Å². The van der Waals surface area contributed by atoms with Crippen LogP contribution in [0.15, 0.2) is 105 Å². The maximum atomic E-state index is 13.5. The second-order valence-corrected chi connectivity index (χ2v) is 26.6. The van der Waals surface area contributed by atoms with Crippen molar-refractivity contribution >= 4 is 82.3 Å². The molecule has 2 aromatic heterocycles. The first kappa shape index (κ1) is 60.9. The third-order valence-electron chi connectivity index (χ3n) is 14.7. The Morgan fingerprint density at radius 1 is 0.590 bits per heavy atom. The van der Waals surface area contributed by atoms with Crippen LogP contribution in [0.4, 0.5) is 52.8 Å². The average molecular weight is 1230 g/mol. The molecule has 6 heterocycles. The van der Waals surface area contributed by atoms with Crippen molar-refractivity contribution in [2.75, 3.05) is 98.1 Å². The van der Waals surface area contributed by atoms with E-state index in [0.29, 0.717) is 67.8 Å². The summed E-state index contributed by atoms with van der Waals surface area (Å²) in [6.45, 7) is 8.41. The molecular formula is C55H60F6N10O8S4. The number of piperazine rings is 2. The predicted octanol–water partition coefficient (Wildman–Crippen LogP) is 8.57. The highest BCUT2D eigenvalue weighted by atomic mass is 32.2. The van der Waals surface area contributed by atoms with Crippen LogP contribution in [0.2, 0.25) is 0 Å². The summed E-state index contributed by atoms with van der Waals surface area (Å²) in [7, 11) is -7.69. The number of thiazole rings is 2. The number of amides is 3. The van der Waals surface area contributed by atoms with Crippen molar-refractivity contribution in [2.24, 2.45) is 5.73 Å². The van der Waals surface area contributed by atoms with E-state index < -0.39 is 55.4 Å². The zero-order chi connectivity index (χ0) is 59.8. The lowest BCUT2D eigenvalue weighted by Gasteiger charge is -2.33. The molecule has 3 amide bonds. The van der Waals surface area contributed by atoms with Crippen molar-refractivity contribution in [3.63, 3.8) is 0 Å². The van der Waals surface area contributed by atoms with Crippen molar-refractivity contribution < 1.29 is 62.7 Å².